The zero-order chi connectivity index (χ0) is 14.2. The SMILES string of the molecule is CO[C@@]12C[C@H]3C(C)(C)O[C@@H]4OCCC[C@@]43[C@@H](CO1)[C@H]2C. The van der Waals surface area contributed by atoms with Crippen LogP contribution in [0.2, 0.25) is 0 Å². The van der Waals surface area contributed by atoms with Crippen molar-refractivity contribution in [2.75, 3.05) is 20.3 Å². The largest absolute Gasteiger partial charge is 0.353 e. The van der Waals surface area contributed by atoms with Gasteiger partial charge >= 0.3 is 0 Å². The van der Waals surface area contributed by atoms with Crippen LogP contribution in [0.15, 0.2) is 0 Å². The van der Waals surface area contributed by atoms with E-state index >= 15 is 0 Å². The summed E-state index contributed by atoms with van der Waals surface area (Å²) in [5.74, 6) is 0.927. The van der Waals surface area contributed by atoms with Gasteiger partial charge in [-0.15, -0.1) is 0 Å². The van der Waals surface area contributed by atoms with Crippen molar-refractivity contribution in [1.82, 2.24) is 0 Å². The summed E-state index contributed by atoms with van der Waals surface area (Å²) < 4.78 is 24.4. The lowest BCUT2D eigenvalue weighted by Gasteiger charge is -2.53. The van der Waals surface area contributed by atoms with Gasteiger partial charge in [-0.2, -0.15) is 0 Å². The second-order valence-electron chi connectivity index (χ2n) is 7.62. The maximum absolute atomic E-state index is 6.35. The first-order valence-corrected chi connectivity index (χ1v) is 7.95. The first kappa shape index (κ1) is 13.5. The van der Waals surface area contributed by atoms with Crippen molar-refractivity contribution in [3.8, 4) is 0 Å². The van der Waals surface area contributed by atoms with Crippen LogP contribution in [-0.4, -0.2) is 38.0 Å². The standard InChI is InChI=1S/C16H26O4/c1-10-11-9-19-16(10,17-4)8-12-14(2,3)20-13-15(11,12)6-5-7-18-13/h10-13H,5-9H2,1-4H3/t10-,11+,12+,13+,15+,16+/m1/s1. The van der Waals surface area contributed by atoms with E-state index in [0.29, 0.717) is 17.8 Å². The Bertz CT molecular complexity index is 423. The van der Waals surface area contributed by atoms with Crippen LogP contribution in [0.3, 0.4) is 0 Å². The Morgan fingerprint density at radius 2 is 2.05 bits per heavy atom. The normalized spacial score (nSPS) is 56.4. The van der Waals surface area contributed by atoms with E-state index in [-0.39, 0.29) is 17.3 Å². The summed E-state index contributed by atoms with van der Waals surface area (Å²) in [4.78, 5) is 0. The van der Waals surface area contributed by atoms with Gasteiger partial charge in [0.15, 0.2) is 12.1 Å². The van der Waals surface area contributed by atoms with Crippen molar-refractivity contribution in [3.05, 3.63) is 0 Å². The summed E-state index contributed by atoms with van der Waals surface area (Å²) in [6.45, 7) is 8.31. The molecule has 4 heteroatoms. The summed E-state index contributed by atoms with van der Waals surface area (Å²) in [5.41, 5.74) is -0.0371. The third-order valence-electron chi connectivity index (χ3n) is 6.69. The average molecular weight is 282 g/mol. The van der Waals surface area contributed by atoms with Gasteiger partial charge in [-0.1, -0.05) is 6.92 Å². The smallest absolute Gasteiger partial charge is 0.171 e. The highest BCUT2D eigenvalue weighted by atomic mass is 16.7. The van der Waals surface area contributed by atoms with Gasteiger partial charge in [0.1, 0.15) is 0 Å². The van der Waals surface area contributed by atoms with Crippen LogP contribution < -0.4 is 0 Å². The van der Waals surface area contributed by atoms with Crippen molar-refractivity contribution < 1.29 is 18.9 Å². The van der Waals surface area contributed by atoms with E-state index < -0.39 is 5.79 Å². The van der Waals surface area contributed by atoms with Gasteiger partial charge in [-0.05, 0) is 26.7 Å². The minimum atomic E-state index is -0.409. The van der Waals surface area contributed by atoms with Crippen LogP contribution >= 0.6 is 0 Å². The minimum absolute atomic E-state index is 0.0553. The zero-order valence-corrected chi connectivity index (χ0v) is 13.0. The van der Waals surface area contributed by atoms with Crippen LogP contribution in [0.4, 0.5) is 0 Å². The van der Waals surface area contributed by atoms with Crippen molar-refractivity contribution >= 4 is 0 Å². The zero-order valence-electron chi connectivity index (χ0n) is 13.0. The maximum atomic E-state index is 6.35. The van der Waals surface area contributed by atoms with E-state index in [1.165, 1.54) is 6.42 Å². The van der Waals surface area contributed by atoms with Crippen molar-refractivity contribution in [3.63, 3.8) is 0 Å². The Kier molecular flexibility index (Phi) is 2.68. The quantitative estimate of drug-likeness (QED) is 0.740. The molecule has 0 unspecified atom stereocenters. The van der Waals surface area contributed by atoms with Crippen molar-refractivity contribution in [1.29, 1.82) is 0 Å². The molecular formula is C16H26O4. The van der Waals surface area contributed by atoms with Crippen molar-refractivity contribution in [2.45, 2.75) is 57.7 Å². The highest BCUT2D eigenvalue weighted by Gasteiger charge is 2.73. The molecule has 3 heterocycles. The fourth-order valence-electron chi connectivity index (χ4n) is 5.67. The summed E-state index contributed by atoms with van der Waals surface area (Å²) in [7, 11) is 1.79. The molecule has 4 rings (SSSR count). The van der Waals surface area contributed by atoms with E-state index in [0.717, 1.165) is 26.1 Å². The molecule has 3 saturated heterocycles. The molecule has 4 nitrogen and oxygen atoms in total. The Balaban J connectivity index is 1.82. The molecule has 1 spiro atoms. The van der Waals surface area contributed by atoms with Gasteiger partial charge in [0.25, 0.3) is 0 Å². The Hall–Kier alpha value is -0.160. The maximum Gasteiger partial charge on any atom is 0.171 e. The molecule has 0 aromatic heterocycles. The Labute approximate surface area is 121 Å². The predicted octanol–water partition coefficient (Wildman–Crippen LogP) is 2.56. The molecule has 0 radical (unpaired) electrons. The molecule has 0 N–H and O–H groups in total. The molecule has 1 saturated carbocycles. The van der Waals surface area contributed by atoms with Crippen LogP contribution in [-0.2, 0) is 18.9 Å². The monoisotopic (exact) mass is 282 g/mol. The fraction of sp³-hybridized carbons (Fsp3) is 1.00. The van der Waals surface area contributed by atoms with Crippen LogP contribution in [0, 0.1) is 23.2 Å². The molecule has 4 aliphatic rings. The Morgan fingerprint density at radius 3 is 2.80 bits per heavy atom. The van der Waals surface area contributed by atoms with Gasteiger partial charge in [-0.3, -0.25) is 0 Å². The van der Waals surface area contributed by atoms with Crippen LogP contribution in [0.1, 0.15) is 40.0 Å². The fourth-order valence-corrected chi connectivity index (χ4v) is 5.67. The second kappa shape index (κ2) is 3.97. The lowest BCUT2D eigenvalue weighted by Crippen LogP contribution is -2.58. The summed E-state index contributed by atoms with van der Waals surface area (Å²) in [6, 6.07) is 0. The number of rotatable bonds is 1. The molecule has 20 heavy (non-hydrogen) atoms. The average Bonchev–Trinajstić information content (AvgIpc) is 2.79. The number of methoxy groups -OCH3 is 1. The number of hydrogen-bond acceptors (Lipinski definition) is 4. The number of hydrogen-bond donors (Lipinski definition) is 0. The van der Waals surface area contributed by atoms with E-state index in [1.807, 2.05) is 0 Å². The molecule has 6 atom stereocenters. The summed E-state index contributed by atoms with van der Waals surface area (Å²) >= 11 is 0. The minimum Gasteiger partial charge on any atom is -0.353 e. The Morgan fingerprint density at radius 1 is 1.25 bits per heavy atom. The lowest BCUT2D eigenvalue weighted by atomic mass is 9.52. The second-order valence-corrected chi connectivity index (χ2v) is 7.62. The molecule has 1 aliphatic carbocycles. The van der Waals surface area contributed by atoms with E-state index in [1.54, 1.807) is 7.11 Å². The number of fused-ring (bicyclic) bond motifs is 2. The van der Waals surface area contributed by atoms with E-state index in [9.17, 15) is 0 Å². The third kappa shape index (κ3) is 1.37. The van der Waals surface area contributed by atoms with Gasteiger partial charge in [0.2, 0.25) is 0 Å². The highest BCUT2D eigenvalue weighted by molar-refractivity contribution is 5.16. The molecule has 4 fully saturated rings. The topological polar surface area (TPSA) is 36.9 Å². The van der Waals surface area contributed by atoms with E-state index in [4.69, 9.17) is 18.9 Å². The first-order chi connectivity index (χ1) is 9.46. The van der Waals surface area contributed by atoms with Gasteiger partial charge in [-0.25, -0.2) is 0 Å². The first-order valence-electron chi connectivity index (χ1n) is 7.95. The number of ether oxygens (including phenoxy) is 4. The van der Waals surface area contributed by atoms with Gasteiger partial charge in [0, 0.05) is 43.3 Å². The molecule has 0 amide bonds. The van der Waals surface area contributed by atoms with Crippen molar-refractivity contribution in [2.24, 2.45) is 23.2 Å². The molecule has 2 bridgehead atoms. The molecular weight excluding hydrogens is 256 g/mol. The van der Waals surface area contributed by atoms with Gasteiger partial charge in [0.05, 0.1) is 12.2 Å². The van der Waals surface area contributed by atoms with Crippen LogP contribution in [0.5, 0.6) is 0 Å². The molecule has 0 aromatic carbocycles. The lowest BCUT2D eigenvalue weighted by molar-refractivity contribution is -0.251. The van der Waals surface area contributed by atoms with E-state index in [2.05, 4.69) is 20.8 Å². The summed E-state index contributed by atoms with van der Waals surface area (Å²) in [6.07, 6.45) is 3.20. The summed E-state index contributed by atoms with van der Waals surface area (Å²) in [5, 5.41) is 0. The highest BCUT2D eigenvalue weighted by Crippen LogP contribution is 2.68. The third-order valence-corrected chi connectivity index (χ3v) is 6.69. The predicted molar refractivity (Wildman–Crippen MR) is 73.0 cm³/mol. The van der Waals surface area contributed by atoms with Gasteiger partial charge < -0.3 is 18.9 Å². The van der Waals surface area contributed by atoms with Crippen LogP contribution in [0.25, 0.3) is 0 Å². The molecule has 114 valence electrons. The molecule has 0 aromatic rings. The molecule has 3 aliphatic heterocycles.